The van der Waals surface area contributed by atoms with E-state index in [4.69, 9.17) is 9.47 Å². The number of hydrogen-bond acceptors (Lipinski definition) is 3. The van der Waals surface area contributed by atoms with E-state index in [1.165, 1.54) is 25.3 Å². The van der Waals surface area contributed by atoms with Gasteiger partial charge < -0.3 is 14.8 Å². The van der Waals surface area contributed by atoms with Crippen LogP contribution in [-0.4, -0.2) is 19.4 Å². The van der Waals surface area contributed by atoms with Gasteiger partial charge in [-0.3, -0.25) is 0 Å². The molecular formula is C13H16FNO2. The van der Waals surface area contributed by atoms with Gasteiger partial charge in [0.05, 0.1) is 0 Å². The normalized spacial score (nSPS) is 22.8. The molecule has 92 valence electrons. The molecular weight excluding hydrogens is 221 g/mol. The zero-order valence-electron chi connectivity index (χ0n) is 9.67. The molecule has 1 saturated heterocycles. The van der Waals surface area contributed by atoms with Crippen molar-refractivity contribution in [2.24, 2.45) is 0 Å². The summed E-state index contributed by atoms with van der Waals surface area (Å²) in [7, 11) is 0. The zero-order chi connectivity index (χ0) is 11.7. The Bertz CT molecular complexity index is 416. The van der Waals surface area contributed by atoms with Crippen LogP contribution in [0.1, 0.15) is 24.8 Å². The van der Waals surface area contributed by atoms with E-state index in [0.717, 1.165) is 18.5 Å². The van der Waals surface area contributed by atoms with Gasteiger partial charge in [-0.05, 0) is 37.4 Å². The summed E-state index contributed by atoms with van der Waals surface area (Å²) < 4.78 is 23.9. The van der Waals surface area contributed by atoms with Crippen molar-refractivity contribution >= 4 is 0 Å². The van der Waals surface area contributed by atoms with E-state index >= 15 is 0 Å². The number of nitrogens with one attached hydrogen (secondary N) is 1. The molecule has 3 nitrogen and oxygen atoms in total. The minimum Gasteiger partial charge on any atom is -0.453 e. The highest BCUT2D eigenvalue weighted by atomic mass is 19.1. The van der Waals surface area contributed by atoms with Crippen LogP contribution in [0.5, 0.6) is 11.5 Å². The fourth-order valence-electron chi connectivity index (χ4n) is 2.54. The first kappa shape index (κ1) is 10.8. The summed E-state index contributed by atoms with van der Waals surface area (Å²) in [6.07, 6.45) is 4.56. The lowest BCUT2D eigenvalue weighted by atomic mass is 9.97. The Hall–Kier alpha value is -1.29. The Kier molecular flexibility index (Phi) is 2.89. The molecule has 0 spiro atoms. The number of hydrogen-bond donors (Lipinski definition) is 1. The minimum atomic E-state index is -0.335. The van der Waals surface area contributed by atoms with E-state index in [0.29, 0.717) is 11.8 Å². The largest absolute Gasteiger partial charge is 0.453 e. The summed E-state index contributed by atoms with van der Waals surface area (Å²) in [6.45, 7) is 1.20. The lowest BCUT2D eigenvalue weighted by molar-refractivity contribution is 0.170. The van der Waals surface area contributed by atoms with Crippen molar-refractivity contribution in [2.75, 3.05) is 13.3 Å². The molecule has 1 unspecified atom stereocenters. The first-order chi connectivity index (χ1) is 8.34. The van der Waals surface area contributed by atoms with Gasteiger partial charge in [0.15, 0.2) is 11.6 Å². The fourth-order valence-corrected chi connectivity index (χ4v) is 2.54. The minimum absolute atomic E-state index is 0.126. The molecule has 0 radical (unpaired) electrons. The number of halogens is 1. The molecule has 1 aromatic carbocycles. The Morgan fingerprint density at radius 1 is 1.24 bits per heavy atom. The topological polar surface area (TPSA) is 30.5 Å². The molecule has 2 heterocycles. The third kappa shape index (κ3) is 2.09. The summed E-state index contributed by atoms with van der Waals surface area (Å²) >= 11 is 0. The van der Waals surface area contributed by atoms with Gasteiger partial charge in [-0.25, -0.2) is 4.39 Å². The second kappa shape index (κ2) is 4.53. The van der Waals surface area contributed by atoms with Crippen molar-refractivity contribution in [2.45, 2.75) is 31.7 Å². The van der Waals surface area contributed by atoms with Gasteiger partial charge in [0.25, 0.3) is 0 Å². The Morgan fingerprint density at radius 3 is 2.94 bits per heavy atom. The van der Waals surface area contributed by atoms with E-state index < -0.39 is 0 Å². The lowest BCUT2D eigenvalue weighted by Gasteiger charge is -2.23. The maximum absolute atomic E-state index is 13.4. The average molecular weight is 237 g/mol. The van der Waals surface area contributed by atoms with Crippen LogP contribution < -0.4 is 14.8 Å². The summed E-state index contributed by atoms with van der Waals surface area (Å²) in [5, 5.41) is 3.48. The summed E-state index contributed by atoms with van der Waals surface area (Å²) in [4.78, 5) is 0. The van der Waals surface area contributed by atoms with Gasteiger partial charge in [0.1, 0.15) is 0 Å². The number of benzene rings is 1. The Labute approximate surface area is 99.9 Å². The van der Waals surface area contributed by atoms with E-state index in [-0.39, 0.29) is 18.4 Å². The maximum Gasteiger partial charge on any atom is 0.231 e. The van der Waals surface area contributed by atoms with Crippen molar-refractivity contribution in [3.05, 3.63) is 23.5 Å². The molecule has 4 heteroatoms. The number of rotatable bonds is 2. The Balaban J connectivity index is 1.81. The molecule has 2 aliphatic heterocycles. The standard InChI is InChI=1S/C13H16FNO2/c14-11-5-4-9(12-13(11)17-8-16-12)7-10-3-1-2-6-15-10/h4-5,10,15H,1-3,6-8H2. The van der Waals surface area contributed by atoms with Crippen LogP contribution in [0, 0.1) is 5.82 Å². The molecule has 1 N–H and O–H groups in total. The fraction of sp³-hybridized carbons (Fsp3) is 0.538. The molecule has 0 aromatic heterocycles. The molecule has 0 saturated carbocycles. The highest BCUT2D eigenvalue weighted by Crippen LogP contribution is 2.38. The monoisotopic (exact) mass is 237 g/mol. The SMILES string of the molecule is Fc1ccc(CC2CCCCN2)c2c1OCO2. The van der Waals surface area contributed by atoms with Crippen LogP contribution in [0.4, 0.5) is 4.39 Å². The van der Waals surface area contributed by atoms with Crippen LogP contribution in [0.25, 0.3) is 0 Å². The highest BCUT2D eigenvalue weighted by Gasteiger charge is 2.24. The van der Waals surface area contributed by atoms with Crippen molar-refractivity contribution < 1.29 is 13.9 Å². The molecule has 0 aliphatic carbocycles. The quantitative estimate of drug-likeness (QED) is 0.855. The van der Waals surface area contributed by atoms with E-state index in [1.54, 1.807) is 6.07 Å². The van der Waals surface area contributed by atoms with Crippen LogP contribution in [-0.2, 0) is 6.42 Å². The maximum atomic E-state index is 13.4. The third-order valence-corrected chi connectivity index (χ3v) is 3.43. The van der Waals surface area contributed by atoms with Crippen molar-refractivity contribution in [3.63, 3.8) is 0 Å². The summed E-state index contributed by atoms with van der Waals surface area (Å²) in [5.41, 5.74) is 1.04. The summed E-state index contributed by atoms with van der Waals surface area (Å²) in [5.74, 6) is 0.536. The van der Waals surface area contributed by atoms with E-state index in [2.05, 4.69) is 5.32 Å². The molecule has 0 bridgehead atoms. The zero-order valence-corrected chi connectivity index (χ0v) is 9.67. The predicted molar refractivity (Wildman–Crippen MR) is 61.9 cm³/mol. The molecule has 1 aromatic rings. The van der Waals surface area contributed by atoms with E-state index in [9.17, 15) is 4.39 Å². The second-order valence-electron chi connectivity index (χ2n) is 4.62. The van der Waals surface area contributed by atoms with Crippen LogP contribution in [0.3, 0.4) is 0 Å². The lowest BCUT2D eigenvalue weighted by Crippen LogP contribution is -2.35. The molecule has 0 amide bonds. The first-order valence-corrected chi connectivity index (χ1v) is 6.15. The Morgan fingerprint density at radius 2 is 2.12 bits per heavy atom. The van der Waals surface area contributed by atoms with Crippen molar-refractivity contribution in [1.82, 2.24) is 5.32 Å². The van der Waals surface area contributed by atoms with Crippen LogP contribution in [0.15, 0.2) is 12.1 Å². The van der Waals surface area contributed by atoms with E-state index in [1.807, 2.05) is 0 Å². The molecule has 1 fully saturated rings. The molecule has 17 heavy (non-hydrogen) atoms. The van der Waals surface area contributed by atoms with Gasteiger partial charge in [-0.15, -0.1) is 0 Å². The predicted octanol–water partition coefficient (Wildman–Crippen LogP) is 2.24. The molecule has 1 atom stereocenters. The third-order valence-electron chi connectivity index (χ3n) is 3.43. The number of ether oxygens (including phenoxy) is 2. The van der Waals surface area contributed by atoms with Crippen LogP contribution >= 0.6 is 0 Å². The van der Waals surface area contributed by atoms with Gasteiger partial charge in [-0.1, -0.05) is 12.5 Å². The van der Waals surface area contributed by atoms with Gasteiger partial charge >= 0.3 is 0 Å². The van der Waals surface area contributed by atoms with Crippen LogP contribution in [0.2, 0.25) is 0 Å². The first-order valence-electron chi connectivity index (χ1n) is 6.15. The number of piperidine rings is 1. The summed E-state index contributed by atoms with van der Waals surface area (Å²) in [6, 6.07) is 3.74. The van der Waals surface area contributed by atoms with Gasteiger partial charge in [0.2, 0.25) is 12.5 Å². The second-order valence-corrected chi connectivity index (χ2v) is 4.62. The average Bonchev–Trinajstić information content (AvgIpc) is 2.84. The smallest absolute Gasteiger partial charge is 0.231 e. The van der Waals surface area contributed by atoms with Crippen molar-refractivity contribution in [3.8, 4) is 11.5 Å². The van der Waals surface area contributed by atoms with Crippen molar-refractivity contribution in [1.29, 1.82) is 0 Å². The van der Waals surface area contributed by atoms with Gasteiger partial charge in [0, 0.05) is 6.04 Å². The van der Waals surface area contributed by atoms with Gasteiger partial charge in [-0.2, -0.15) is 0 Å². The highest BCUT2D eigenvalue weighted by molar-refractivity contribution is 5.49. The number of fused-ring (bicyclic) bond motifs is 1. The molecule has 3 rings (SSSR count). The molecule has 2 aliphatic rings.